The van der Waals surface area contributed by atoms with E-state index in [1.54, 1.807) is 13.2 Å². The molecule has 1 aliphatic heterocycles. The number of anilines is 4. The highest BCUT2D eigenvalue weighted by Gasteiger charge is 2.42. The Morgan fingerprint density at radius 3 is 1.07 bits per heavy atom. The van der Waals surface area contributed by atoms with Gasteiger partial charge in [0.05, 0.1) is 162 Å². The van der Waals surface area contributed by atoms with E-state index >= 15 is 0 Å². The topological polar surface area (TPSA) is 389 Å². The molecule has 716 valence electrons. The maximum absolute atomic E-state index is 13.2. The van der Waals surface area contributed by atoms with Crippen LogP contribution in [0.2, 0.25) is 0 Å². The standard InChI is InChI=1S/C27H34N4O4.C27H34N4O3.C27H30N4O3.C26H32N4O3/c1-15-24-22(12-27(2,3)13-23(24)33)31(30-15)19-10-16-9-18(14-35-4)29-26(34)25(16)21(11-19)28-17-5-7-20(32)8-6-17;2*1-5-17-10-16-11-19(31-22-13-27(3,4)14-23(33)24(22)15(2)30-31)12-21(25(16)26(34)29-17)28-18-6-8-20(32)9-7-18;1-5-6-18-11-17-12-19(13-20(24(17)25(32)27-18)29-7-9-33-10-8-29)30-21-14-26(3,4)15-22(31)23(21)16(2)28-30/h9-11,17,20,28,32H,5-8,12-14H2,1-4H3,(H,29,34);10-12,18,20,28,32H,5-9,13-14H2,1-4H3,(H,29,34);1,10-12,18,20,28,32H,6-9,13-14H2,2-4H3,(H,29,34);11-13H,5-10,14-15H2,1-4H3,(H,27,32). The number of methoxy groups -OCH3 is 1. The lowest BCUT2D eigenvalue weighted by molar-refractivity contribution is 0.0900. The number of aromatic amines is 4. The van der Waals surface area contributed by atoms with Gasteiger partial charge in [-0.2, -0.15) is 20.4 Å². The Morgan fingerprint density at radius 2 is 0.721 bits per heavy atom. The molecule has 4 aromatic carbocycles. The molecule has 0 atom stereocenters. The van der Waals surface area contributed by atoms with Gasteiger partial charge >= 0.3 is 0 Å². The van der Waals surface area contributed by atoms with E-state index in [4.69, 9.17) is 36.3 Å². The minimum Gasteiger partial charge on any atom is -0.393 e. The lowest BCUT2D eigenvalue weighted by atomic mass is 9.75. The summed E-state index contributed by atoms with van der Waals surface area (Å²) in [5, 5.41) is 65.4. The summed E-state index contributed by atoms with van der Waals surface area (Å²) in [6, 6.07) is 24.3. The number of hydrogen-bond acceptors (Lipinski definition) is 21. The Bertz CT molecular complexity index is 7020. The number of terminal acetylenes is 1. The first-order valence-corrected chi connectivity index (χ1v) is 48.6. The van der Waals surface area contributed by atoms with E-state index in [1.165, 1.54) is 0 Å². The highest BCUT2D eigenvalue weighted by molar-refractivity contribution is 6.04. The third-order valence-corrected chi connectivity index (χ3v) is 28.6. The molecule has 7 aliphatic carbocycles. The Labute approximate surface area is 791 Å². The molecule has 0 amide bonds. The maximum atomic E-state index is 13.2. The molecule has 9 heterocycles. The summed E-state index contributed by atoms with van der Waals surface area (Å²) in [7, 11) is 1.60. The van der Waals surface area contributed by atoms with Crippen LogP contribution in [0.15, 0.2) is 92.0 Å². The average Bonchev–Trinajstić information content (AvgIpc) is 1.59. The lowest BCUT2D eigenvalue weighted by Gasteiger charge is -2.31. The summed E-state index contributed by atoms with van der Waals surface area (Å²) in [6.45, 7) is 31.7. The highest BCUT2D eigenvalue weighted by atomic mass is 16.5. The number of rotatable bonds is 16. The maximum Gasteiger partial charge on any atom is 0.258 e. The summed E-state index contributed by atoms with van der Waals surface area (Å²) in [5.74, 6) is 3.11. The first-order valence-electron chi connectivity index (χ1n) is 48.6. The molecule has 8 aliphatic rings. The number of ketones is 4. The Balaban J connectivity index is 0.000000126. The summed E-state index contributed by atoms with van der Waals surface area (Å²) < 4.78 is 18.4. The quantitative estimate of drug-likeness (QED) is 0.0402. The number of aliphatic hydroxyl groups excluding tert-OH is 3. The van der Waals surface area contributed by atoms with Crippen LogP contribution in [0.5, 0.6) is 0 Å². The predicted octanol–water partition coefficient (Wildman–Crippen LogP) is 16.3. The van der Waals surface area contributed by atoms with Gasteiger partial charge < -0.3 is 65.6 Å². The average molecular weight is 1850 g/mol. The molecule has 136 heavy (non-hydrogen) atoms. The molecule has 1 saturated heterocycles. The summed E-state index contributed by atoms with van der Waals surface area (Å²) in [6.07, 6.45) is 22.0. The second-order valence-electron chi connectivity index (χ2n) is 42.5. The van der Waals surface area contributed by atoms with Gasteiger partial charge in [0.15, 0.2) is 23.1 Å². The summed E-state index contributed by atoms with van der Waals surface area (Å²) >= 11 is 0. The smallest absolute Gasteiger partial charge is 0.258 e. The third kappa shape index (κ3) is 19.8. The number of pyridine rings is 4. The van der Waals surface area contributed by atoms with Gasteiger partial charge in [0.1, 0.15) is 0 Å². The normalized spacial score (nSPS) is 21.0. The van der Waals surface area contributed by atoms with E-state index in [0.29, 0.717) is 89.7 Å². The summed E-state index contributed by atoms with van der Waals surface area (Å²) in [5.41, 5.74) is 18.0. The fraction of sp³-hybridized carbons (Fsp3) is 0.495. The number of ether oxygens (including phenoxy) is 2. The van der Waals surface area contributed by atoms with Crippen LogP contribution in [0.3, 0.4) is 0 Å². The van der Waals surface area contributed by atoms with Crippen LogP contribution in [0.1, 0.15) is 288 Å². The van der Waals surface area contributed by atoms with Gasteiger partial charge in [-0.3, -0.25) is 38.4 Å². The number of nitrogens with zero attached hydrogens (tertiary/aromatic N) is 9. The zero-order chi connectivity index (χ0) is 96.6. The van der Waals surface area contributed by atoms with E-state index in [0.717, 1.165) is 270 Å². The van der Waals surface area contributed by atoms with E-state index in [-0.39, 0.29) is 103 Å². The molecule has 0 radical (unpaired) electrons. The molecule has 0 spiro atoms. The SMILES string of the molecule is C#Cc1cc2cc(-n3nc(C)c4c3CC(C)(C)CC4=O)cc(NC3CCC(O)CC3)c2c(=O)[nH]1.CCCc1cc2cc(-n3nc(C)c4c3CC(C)(C)CC4=O)cc(N3CCOCC3)c2c(=O)[nH]1.CCc1cc2cc(-n3nc(C)c4c3CC(C)(C)CC4=O)cc(NC3CCC(O)CC3)c2c(=O)[nH]1.COCc1cc2cc(-n3nc(C)c4c3CC(C)(C)CC4=O)cc(NC3CCC(O)CC3)c2c(=O)[nH]1. The number of morpholine rings is 1. The van der Waals surface area contributed by atoms with E-state index in [9.17, 15) is 53.7 Å². The van der Waals surface area contributed by atoms with Crippen molar-refractivity contribution in [3.05, 3.63) is 205 Å². The zero-order valence-corrected chi connectivity index (χ0v) is 81.2. The van der Waals surface area contributed by atoms with Gasteiger partial charge in [-0.1, -0.05) is 81.6 Å². The van der Waals surface area contributed by atoms with Crippen molar-refractivity contribution in [2.45, 2.75) is 288 Å². The van der Waals surface area contributed by atoms with Crippen molar-refractivity contribution in [1.82, 2.24) is 59.1 Å². The molecule has 29 heteroatoms. The molecule has 4 fully saturated rings. The van der Waals surface area contributed by atoms with E-state index < -0.39 is 0 Å². The molecule has 0 bridgehead atoms. The van der Waals surface area contributed by atoms with Crippen LogP contribution in [0.25, 0.3) is 65.8 Å². The summed E-state index contributed by atoms with van der Waals surface area (Å²) in [4.78, 5) is 118. The first-order chi connectivity index (χ1) is 64.7. The highest BCUT2D eigenvalue weighted by Crippen LogP contribution is 2.45. The molecular weight excluding hydrogens is 1720 g/mol. The fourth-order valence-corrected chi connectivity index (χ4v) is 22.2. The molecule has 10 N–H and O–H groups in total. The van der Waals surface area contributed by atoms with Crippen LogP contribution < -0.4 is 43.1 Å². The zero-order valence-electron chi connectivity index (χ0n) is 81.2. The number of hydrogen-bond donors (Lipinski definition) is 10. The van der Waals surface area contributed by atoms with Crippen molar-refractivity contribution >= 4 is 89.0 Å². The molecule has 8 aromatic heterocycles. The molecule has 0 unspecified atom stereocenters. The van der Waals surface area contributed by atoms with Crippen LogP contribution in [0, 0.1) is 61.7 Å². The number of carbonyl (C=O) groups is 4. The fourth-order valence-electron chi connectivity index (χ4n) is 22.2. The van der Waals surface area contributed by atoms with Gasteiger partial charge in [-0.15, -0.1) is 6.42 Å². The number of carbonyl (C=O) groups excluding carboxylic acids is 4. The van der Waals surface area contributed by atoms with Crippen molar-refractivity contribution < 1.29 is 44.0 Å². The molecule has 3 saturated carbocycles. The molecule has 12 aromatic rings. The second-order valence-corrected chi connectivity index (χ2v) is 42.5. The monoisotopic (exact) mass is 1850 g/mol. The Hall–Kier alpha value is -12.2. The number of benzene rings is 4. The first kappa shape index (κ1) is 95.5. The predicted molar refractivity (Wildman–Crippen MR) is 532 cm³/mol. The minimum atomic E-state index is -0.262. The largest absolute Gasteiger partial charge is 0.393 e. The molecule has 20 rings (SSSR count). The van der Waals surface area contributed by atoms with Crippen LogP contribution >= 0.6 is 0 Å². The van der Waals surface area contributed by atoms with E-state index in [2.05, 4.69) is 121 Å². The molecule has 29 nitrogen and oxygen atoms in total. The number of H-pyrrole nitrogens is 4. The van der Waals surface area contributed by atoms with E-state index in [1.807, 2.05) is 108 Å². The minimum absolute atomic E-state index is 0.0565. The van der Waals surface area contributed by atoms with Gasteiger partial charge in [-0.05, 0) is 259 Å². The second kappa shape index (κ2) is 38.1. The Kier molecular flexibility index (Phi) is 26.7. The number of Topliss-reactive ketones (excluding diaryl/α,β-unsaturated/α-hetero) is 4. The number of aryl methyl sites for hydroxylation is 6. The van der Waals surface area contributed by atoms with Crippen LogP contribution in [0.4, 0.5) is 22.7 Å². The lowest BCUT2D eigenvalue weighted by Crippen LogP contribution is -2.37. The van der Waals surface area contributed by atoms with Gasteiger partial charge in [0.25, 0.3) is 22.2 Å². The van der Waals surface area contributed by atoms with Gasteiger partial charge in [-0.25, -0.2) is 18.7 Å². The number of fused-ring (bicyclic) bond motifs is 8. The molecular formula is C107H130N16O13. The van der Waals surface area contributed by atoms with Crippen molar-refractivity contribution in [2.24, 2.45) is 21.7 Å². The van der Waals surface area contributed by atoms with Crippen molar-refractivity contribution in [3.8, 4) is 35.1 Å². The Morgan fingerprint density at radius 1 is 0.412 bits per heavy atom. The third-order valence-electron chi connectivity index (χ3n) is 28.6. The van der Waals surface area contributed by atoms with Crippen LogP contribution in [-0.2, 0) is 54.6 Å². The van der Waals surface area contributed by atoms with Gasteiger partial charge in [0.2, 0.25) is 0 Å². The van der Waals surface area contributed by atoms with Crippen molar-refractivity contribution in [3.63, 3.8) is 0 Å². The number of aromatic nitrogens is 12. The number of nitrogens with one attached hydrogen (secondary N) is 7. The van der Waals surface area contributed by atoms with Crippen molar-refractivity contribution in [1.29, 1.82) is 0 Å². The van der Waals surface area contributed by atoms with Crippen molar-refractivity contribution in [2.75, 3.05) is 54.3 Å². The van der Waals surface area contributed by atoms with Gasteiger partial charge in [0, 0.05) is 98.2 Å². The number of aliphatic hydroxyl groups is 3. The van der Waals surface area contributed by atoms with Crippen LogP contribution in [-0.4, -0.2) is 167 Å².